The predicted octanol–water partition coefficient (Wildman–Crippen LogP) is 4.06. The Morgan fingerprint density at radius 2 is 2.06 bits per heavy atom. The first-order valence-electron chi connectivity index (χ1n) is 5.09. The minimum atomic E-state index is -0.988. The number of thiophene rings is 1. The van der Waals surface area contributed by atoms with Crippen molar-refractivity contribution in [1.29, 1.82) is 0 Å². The summed E-state index contributed by atoms with van der Waals surface area (Å²) in [5.74, 6) is -1.95. The smallest absolute Gasteiger partial charge is 0.180 e. The second-order valence-electron chi connectivity index (χ2n) is 3.45. The maximum atomic E-state index is 13.6. The van der Waals surface area contributed by atoms with Crippen LogP contribution in [0, 0.1) is 23.4 Å². The van der Waals surface area contributed by atoms with Crippen LogP contribution in [0.25, 0.3) is 10.1 Å². The molecule has 1 aromatic carbocycles. The van der Waals surface area contributed by atoms with E-state index in [0.717, 1.165) is 17.4 Å². The van der Waals surface area contributed by atoms with E-state index in [9.17, 15) is 13.2 Å². The Kier molecular flexibility index (Phi) is 3.69. The number of ether oxygens (including phenoxy) is 1. The summed E-state index contributed by atoms with van der Waals surface area (Å²) in [6.45, 7) is 3.42. The summed E-state index contributed by atoms with van der Waals surface area (Å²) in [7, 11) is 0. The molecule has 0 atom stereocenters. The molecule has 5 heteroatoms. The molecule has 2 aromatic rings. The Morgan fingerprint density at radius 1 is 1.29 bits per heavy atom. The van der Waals surface area contributed by atoms with Crippen molar-refractivity contribution in [2.45, 2.75) is 13.3 Å². The van der Waals surface area contributed by atoms with Crippen LogP contribution in [0.5, 0.6) is 0 Å². The molecule has 0 spiro atoms. The molecule has 0 unspecified atom stereocenters. The van der Waals surface area contributed by atoms with Crippen LogP contribution in [0.4, 0.5) is 13.2 Å². The second-order valence-corrected chi connectivity index (χ2v) is 4.45. The average molecular weight is 259 g/mol. The molecule has 1 heterocycles. The van der Waals surface area contributed by atoms with E-state index in [0.29, 0.717) is 4.70 Å². The summed E-state index contributed by atoms with van der Waals surface area (Å²) in [5, 5.41) is -0.448. The maximum absolute atomic E-state index is 13.6. The van der Waals surface area contributed by atoms with Gasteiger partial charge in [-0.3, -0.25) is 0 Å². The van der Waals surface area contributed by atoms with Crippen molar-refractivity contribution in [1.82, 2.24) is 0 Å². The van der Waals surface area contributed by atoms with E-state index in [1.54, 1.807) is 6.92 Å². The van der Waals surface area contributed by atoms with Crippen molar-refractivity contribution < 1.29 is 17.9 Å². The van der Waals surface area contributed by atoms with E-state index in [-0.39, 0.29) is 24.0 Å². The molecule has 0 saturated heterocycles. The minimum absolute atomic E-state index is 0.0344. The minimum Gasteiger partial charge on any atom is -0.375 e. The molecule has 0 aliphatic rings. The zero-order valence-corrected chi connectivity index (χ0v) is 9.91. The van der Waals surface area contributed by atoms with Crippen molar-refractivity contribution in [3.8, 4) is 0 Å². The van der Waals surface area contributed by atoms with Crippen LogP contribution in [-0.4, -0.2) is 6.61 Å². The molecule has 0 saturated carbocycles. The zero-order chi connectivity index (χ0) is 12.4. The van der Waals surface area contributed by atoms with Gasteiger partial charge in [-0.1, -0.05) is 0 Å². The van der Waals surface area contributed by atoms with Crippen molar-refractivity contribution in [2.75, 3.05) is 6.61 Å². The summed E-state index contributed by atoms with van der Waals surface area (Å²) < 4.78 is 45.7. The van der Waals surface area contributed by atoms with Crippen LogP contribution >= 0.6 is 11.3 Å². The van der Waals surface area contributed by atoms with Gasteiger partial charge in [0.1, 0.15) is 0 Å². The molecule has 0 aliphatic carbocycles. The molecule has 91 valence electrons. The lowest BCUT2D eigenvalue weighted by Crippen LogP contribution is -1.97. The van der Waals surface area contributed by atoms with Gasteiger partial charge in [-0.15, -0.1) is 11.3 Å². The fourth-order valence-electron chi connectivity index (χ4n) is 1.66. The molecule has 17 heavy (non-hydrogen) atoms. The first-order chi connectivity index (χ1) is 8.15. The number of benzene rings is 1. The number of rotatable bonds is 4. The molecule has 0 bridgehead atoms. The van der Waals surface area contributed by atoms with E-state index in [1.807, 2.05) is 0 Å². The van der Waals surface area contributed by atoms with Crippen LogP contribution in [0.15, 0.2) is 12.1 Å². The largest absolute Gasteiger partial charge is 0.375 e. The van der Waals surface area contributed by atoms with Crippen LogP contribution in [0.2, 0.25) is 0 Å². The first-order valence-corrected chi connectivity index (χ1v) is 5.91. The molecular formula is C12H10F3OS. The fourth-order valence-corrected chi connectivity index (χ4v) is 2.63. The monoisotopic (exact) mass is 259 g/mol. The van der Waals surface area contributed by atoms with Crippen LogP contribution in [0.3, 0.4) is 0 Å². The molecule has 0 N–H and O–H groups in total. The Balaban J connectivity index is 2.46. The standard InChI is InChI=1S/C12H10F3OS/c1-2-16-6-5-7-10-9(17-12(7)15)4-3-8(13)11(10)14/h2-4H,5-6H2,1H3. The number of hydrogen-bond acceptors (Lipinski definition) is 2. The van der Waals surface area contributed by atoms with Gasteiger partial charge >= 0.3 is 0 Å². The molecule has 1 aromatic heterocycles. The summed E-state index contributed by atoms with van der Waals surface area (Å²) in [6, 6.07) is 2.39. The summed E-state index contributed by atoms with van der Waals surface area (Å²) in [4.78, 5) is 0. The van der Waals surface area contributed by atoms with Gasteiger partial charge in [0.15, 0.2) is 16.8 Å². The van der Waals surface area contributed by atoms with Crippen LogP contribution in [0.1, 0.15) is 12.5 Å². The van der Waals surface area contributed by atoms with Crippen molar-refractivity contribution in [3.05, 3.63) is 41.1 Å². The lowest BCUT2D eigenvalue weighted by molar-refractivity contribution is 0.207. The molecule has 0 amide bonds. The van der Waals surface area contributed by atoms with Gasteiger partial charge in [0.05, 0.1) is 13.2 Å². The number of halogens is 3. The average Bonchev–Trinajstić information content (AvgIpc) is 2.62. The van der Waals surface area contributed by atoms with Crippen molar-refractivity contribution >= 4 is 21.4 Å². The van der Waals surface area contributed by atoms with Gasteiger partial charge in [0, 0.05) is 22.1 Å². The first kappa shape index (κ1) is 12.4. The normalized spacial score (nSPS) is 11.3. The van der Waals surface area contributed by atoms with E-state index < -0.39 is 16.8 Å². The third kappa shape index (κ3) is 2.30. The molecule has 1 radical (unpaired) electrons. The molecular weight excluding hydrogens is 249 g/mol. The third-order valence-corrected chi connectivity index (χ3v) is 3.42. The van der Waals surface area contributed by atoms with Crippen LogP contribution in [-0.2, 0) is 11.2 Å². The maximum Gasteiger partial charge on any atom is 0.180 e. The van der Waals surface area contributed by atoms with Crippen LogP contribution < -0.4 is 0 Å². The zero-order valence-electron chi connectivity index (χ0n) is 9.10. The highest BCUT2D eigenvalue weighted by molar-refractivity contribution is 7.17. The van der Waals surface area contributed by atoms with Gasteiger partial charge in [0.2, 0.25) is 0 Å². The van der Waals surface area contributed by atoms with E-state index in [4.69, 9.17) is 4.74 Å². The Morgan fingerprint density at radius 3 is 2.76 bits per heavy atom. The lowest BCUT2D eigenvalue weighted by atomic mass is 10.1. The fraction of sp³-hybridized carbons (Fsp3) is 0.250. The third-order valence-electron chi connectivity index (χ3n) is 2.43. The molecule has 2 rings (SSSR count). The van der Waals surface area contributed by atoms with Crippen molar-refractivity contribution in [2.24, 2.45) is 0 Å². The lowest BCUT2D eigenvalue weighted by Gasteiger charge is -2.02. The quantitative estimate of drug-likeness (QED) is 0.752. The molecule has 1 nitrogen and oxygen atoms in total. The van der Waals surface area contributed by atoms with Gasteiger partial charge < -0.3 is 4.74 Å². The summed E-state index contributed by atoms with van der Waals surface area (Å²) >= 11 is 0.821. The Hall–Kier alpha value is -1.07. The molecule has 0 fully saturated rings. The van der Waals surface area contributed by atoms with Gasteiger partial charge in [0.25, 0.3) is 0 Å². The highest BCUT2D eigenvalue weighted by Crippen LogP contribution is 2.33. The Bertz CT molecular complexity index is 536. The topological polar surface area (TPSA) is 9.23 Å². The molecule has 0 aliphatic heterocycles. The van der Waals surface area contributed by atoms with E-state index in [2.05, 4.69) is 0 Å². The van der Waals surface area contributed by atoms with Gasteiger partial charge in [-0.2, -0.15) is 4.39 Å². The SMILES string of the molecule is C[CH]OCCc1c(F)sc2ccc(F)c(F)c12. The summed E-state index contributed by atoms with van der Waals surface area (Å²) in [5.41, 5.74) is 0.184. The van der Waals surface area contributed by atoms with Crippen molar-refractivity contribution in [3.63, 3.8) is 0 Å². The highest BCUT2D eigenvalue weighted by atomic mass is 32.1. The number of fused-ring (bicyclic) bond motifs is 1. The second kappa shape index (κ2) is 5.06. The van der Waals surface area contributed by atoms with E-state index in [1.165, 1.54) is 12.7 Å². The Labute approximate surface area is 101 Å². The number of hydrogen-bond donors (Lipinski definition) is 0. The highest BCUT2D eigenvalue weighted by Gasteiger charge is 2.18. The summed E-state index contributed by atoms with van der Waals surface area (Å²) in [6.07, 6.45) is 0.219. The predicted molar refractivity (Wildman–Crippen MR) is 61.3 cm³/mol. The van der Waals surface area contributed by atoms with Gasteiger partial charge in [-0.05, 0) is 19.1 Å². The van der Waals surface area contributed by atoms with Gasteiger partial charge in [-0.25, -0.2) is 8.78 Å². The van der Waals surface area contributed by atoms with E-state index >= 15 is 0 Å².